The van der Waals surface area contributed by atoms with E-state index < -0.39 is 48.3 Å². The average Bonchev–Trinajstić information content (AvgIpc) is 3.38. The topological polar surface area (TPSA) is 151 Å². The van der Waals surface area contributed by atoms with Crippen LogP contribution in [0.25, 0.3) is 10.8 Å². The summed E-state index contributed by atoms with van der Waals surface area (Å²) in [7, 11) is -6.06. The lowest BCUT2D eigenvalue weighted by Gasteiger charge is -2.38. The predicted octanol–water partition coefficient (Wildman–Crippen LogP) is 3.84. The number of hydrogen-bond acceptors (Lipinski definition) is 7. The molecule has 2 heterocycles. The maximum atomic E-state index is 14.0. The molecule has 0 saturated carbocycles. The lowest BCUT2D eigenvalue weighted by Crippen LogP contribution is -2.58. The second-order valence-electron chi connectivity index (χ2n) is 14.1. The van der Waals surface area contributed by atoms with E-state index in [0.29, 0.717) is 24.8 Å². The molecule has 13 heteroatoms. The van der Waals surface area contributed by atoms with Gasteiger partial charge in [0.15, 0.2) is 8.32 Å². The summed E-state index contributed by atoms with van der Waals surface area (Å²) in [5.74, 6) is -1.82. The van der Waals surface area contributed by atoms with Crippen LogP contribution in [0, 0.1) is 0 Å². The second kappa shape index (κ2) is 14.2. The van der Waals surface area contributed by atoms with E-state index in [9.17, 15) is 27.6 Å². The lowest BCUT2D eigenvalue weighted by molar-refractivity contribution is -0.143. The summed E-state index contributed by atoms with van der Waals surface area (Å²) in [5, 5.41) is 7.66. The quantitative estimate of drug-likeness (QED) is 0.325. The summed E-state index contributed by atoms with van der Waals surface area (Å²) in [6.07, 6.45) is 4.54. The predicted molar refractivity (Wildman–Crippen MR) is 180 cm³/mol. The molecule has 2 fully saturated rings. The van der Waals surface area contributed by atoms with Crippen molar-refractivity contribution in [1.29, 1.82) is 0 Å². The molecule has 0 aromatic heterocycles. The maximum absolute atomic E-state index is 14.0. The Hall–Kier alpha value is -3.29. The van der Waals surface area contributed by atoms with E-state index in [-0.39, 0.29) is 35.9 Å². The van der Waals surface area contributed by atoms with Crippen molar-refractivity contribution in [2.45, 2.75) is 108 Å². The number of hydrogen-bond donors (Lipinski definition) is 3. The van der Waals surface area contributed by atoms with Crippen LogP contribution in [-0.4, -0.2) is 82.3 Å². The molecule has 4 rings (SSSR count). The van der Waals surface area contributed by atoms with Crippen molar-refractivity contribution in [3.05, 3.63) is 48.0 Å². The summed E-state index contributed by atoms with van der Waals surface area (Å²) in [5.41, 5.74) is 0.456. The van der Waals surface area contributed by atoms with E-state index in [4.69, 9.17) is 4.43 Å². The molecule has 2 aliphatic rings. The fourth-order valence-electron chi connectivity index (χ4n) is 5.94. The summed E-state index contributed by atoms with van der Waals surface area (Å²) in [6, 6.07) is 10.6. The second-order valence-corrected chi connectivity index (χ2v) is 20.7. The van der Waals surface area contributed by atoms with E-state index in [1.807, 2.05) is 35.1 Å². The third-order valence-electron chi connectivity index (χ3n) is 9.48. The van der Waals surface area contributed by atoms with Crippen LogP contribution in [0.4, 0.5) is 0 Å². The van der Waals surface area contributed by atoms with Crippen LogP contribution in [0.5, 0.6) is 0 Å². The summed E-state index contributed by atoms with van der Waals surface area (Å²) in [6.45, 7) is 10.3. The van der Waals surface area contributed by atoms with Crippen LogP contribution < -0.4 is 15.4 Å². The van der Waals surface area contributed by atoms with Gasteiger partial charge in [-0.05, 0) is 66.7 Å². The van der Waals surface area contributed by atoms with E-state index >= 15 is 0 Å². The molecule has 2 aliphatic heterocycles. The molecule has 4 unspecified atom stereocenters. The van der Waals surface area contributed by atoms with E-state index in [2.05, 4.69) is 44.5 Å². The van der Waals surface area contributed by atoms with Crippen molar-refractivity contribution in [3.63, 3.8) is 0 Å². The fraction of sp³-hybridized carbons (Fsp3) is 0.576. The Labute approximate surface area is 273 Å². The Balaban J connectivity index is 1.50. The van der Waals surface area contributed by atoms with Gasteiger partial charge in [0.2, 0.25) is 27.7 Å². The number of amides is 4. The van der Waals surface area contributed by atoms with Gasteiger partial charge in [-0.25, -0.2) is 8.42 Å². The molecule has 2 aromatic rings. The van der Waals surface area contributed by atoms with Gasteiger partial charge in [-0.1, -0.05) is 63.9 Å². The van der Waals surface area contributed by atoms with Crippen LogP contribution in [0.1, 0.15) is 76.1 Å². The minimum Gasteiger partial charge on any atom is -0.415 e. The molecule has 4 amide bonds. The number of sulfonamides is 1. The summed E-state index contributed by atoms with van der Waals surface area (Å²) >= 11 is 0. The molecule has 3 N–H and O–H groups in total. The van der Waals surface area contributed by atoms with Crippen LogP contribution >= 0.6 is 0 Å². The van der Waals surface area contributed by atoms with Crippen molar-refractivity contribution >= 4 is 52.7 Å². The number of benzene rings is 2. The zero-order valence-corrected chi connectivity index (χ0v) is 29.5. The van der Waals surface area contributed by atoms with Crippen LogP contribution in [0.2, 0.25) is 18.1 Å². The molecule has 0 radical (unpaired) electrons. The molecule has 0 bridgehead atoms. The highest BCUT2D eigenvalue weighted by atomic mass is 32.2. The Kier molecular flexibility index (Phi) is 11.0. The number of carbonyl (C=O) groups is 4. The molecular formula is C33H48N4O7SSi. The SMILES string of the molecule is CC(C)(C)[Si](C)(C)OCC(CC(=O)NS(C)(=O)=O)NC(=O)C1CCC2CCCCC(NC(=O)c3ccc4ccccc4c3)C(=O)N21. The normalized spacial score (nSPS) is 21.6. The first-order valence-electron chi connectivity index (χ1n) is 16.0. The van der Waals surface area contributed by atoms with E-state index in [0.717, 1.165) is 36.3 Å². The van der Waals surface area contributed by atoms with Crippen LogP contribution in [-0.2, 0) is 28.8 Å². The Bertz CT molecular complexity index is 1570. The first-order valence-corrected chi connectivity index (χ1v) is 20.8. The maximum Gasteiger partial charge on any atom is 0.251 e. The van der Waals surface area contributed by atoms with Crippen molar-refractivity contribution in [2.24, 2.45) is 0 Å². The summed E-state index contributed by atoms with van der Waals surface area (Å²) in [4.78, 5) is 55.4. The van der Waals surface area contributed by atoms with Crippen LogP contribution in [0.15, 0.2) is 42.5 Å². The minimum absolute atomic E-state index is 0.0218. The molecule has 2 aromatic carbocycles. The highest BCUT2D eigenvalue weighted by Crippen LogP contribution is 2.37. The zero-order valence-electron chi connectivity index (χ0n) is 27.7. The Morgan fingerprint density at radius 1 is 1.00 bits per heavy atom. The Morgan fingerprint density at radius 3 is 2.35 bits per heavy atom. The van der Waals surface area contributed by atoms with Crippen molar-refractivity contribution in [3.8, 4) is 0 Å². The standard InChI is InChI=1S/C33H48N4O7SSi/c1-33(2,3)46(5,6)44-21-25(20-29(38)36-45(4,42)43)34-31(40)28-18-17-26-13-9-10-14-27(32(41)37(26)28)35-30(39)24-16-15-22-11-7-8-12-23(22)19-24/h7-8,11-12,15-16,19,25-28H,9-10,13-14,17-18,20-21H2,1-6H3,(H,34,40)(H,35,39)(H,36,38). The number of fused-ring (bicyclic) bond motifs is 2. The van der Waals surface area contributed by atoms with Crippen molar-refractivity contribution in [2.75, 3.05) is 12.9 Å². The molecule has 252 valence electrons. The van der Waals surface area contributed by atoms with Crippen molar-refractivity contribution < 1.29 is 32.0 Å². The monoisotopic (exact) mass is 672 g/mol. The third-order valence-corrected chi connectivity index (χ3v) is 14.6. The van der Waals surface area contributed by atoms with Gasteiger partial charge in [0.1, 0.15) is 12.1 Å². The molecule has 0 spiro atoms. The van der Waals surface area contributed by atoms with Gasteiger partial charge >= 0.3 is 0 Å². The molecule has 0 aliphatic carbocycles. The smallest absolute Gasteiger partial charge is 0.251 e. The summed E-state index contributed by atoms with van der Waals surface area (Å²) < 4.78 is 31.7. The van der Waals surface area contributed by atoms with Gasteiger partial charge < -0.3 is 20.0 Å². The number of nitrogens with one attached hydrogen (secondary N) is 3. The van der Waals surface area contributed by atoms with Gasteiger partial charge in [-0.3, -0.25) is 23.9 Å². The number of carbonyl (C=O) groups excluding carboxylic acids is 4. The van der Waals surface area contributed by atoms with E-state index in [1.54, 1.807) is 17.0 Å². The highest BCUT2D eigenvalue weighted by Gasteiger charge is 2.45. The molecule has 46 heavy (non-hydrogen) atoms. The van der Waals surface area contributed by atoms with Crippen LogP contribution in [0.3, 0.4) is 0 Å². The first kappa shape index (κ1) is 35.6. The molecular weight excluding hydrogens is 625 g/mol. The Morgan fingerprint density at radius 2 is 1.67 bits per heavy atom. The number of rotatable bonds is 10. The molecule has 2 saturated heterocycles. The van der Waals surface area contributed by atoms with E-state index in [1.165, 1.54) is 0 Å². The van der Waals surface area contributed by atoms with Crippen molar-refractivity contribution in [1.82, 2.24) is 20.3 Å². The average molecular weight is 673 g/mol. The first-order chi connectivity index (χ1) is 21.4. The van der Waals surface area contributed by atoms with Gasteiger partial charge in [0.05, 0.1) is 25.3 Å². The van der Waals surface area contributed by atoms with Gasteiger partial charge in [0.25, 0.3) is 5.91 Å². The number of nitrogens with zero attached hydrogens (tertiary/aromatic N) is 1. The zero-order chi connectivity index (χ0) is 33.9. The molecule has 11 nitrogen and oxygen atoms in total. The van der Waals surface area contributed by atoms with Gasteiger partial charge in [-0.2, -0.15) is 0 Å². The molecule has 4 atom stereocenters. The van der Waals surface area contributed by atoms with Gasteiger partial charge in [0, 0.05) is 11.6 Å². The minimum atomic E-state index is -3.79. The lowest BCUT2D eigenvalue weighted by atomic mass is 9.98. The third kappa shape index (κ3) is 8.94. The van der Waals surface area contributed by atoms with Gasteiger partial charge in [-0.15, -0.1) is 0 Å². The fourth-order valence-corrected chi connectivity index (χ4v) is 7.49. The highest BCUT2D eigenvalue weighted by molar-refractivity contribution is 7.89. The largest absolute Gasteiger partial charge is 0.415 e.